The summed E-state index contributed by atoms with van der Waals surface area (Å²) in [7, 11) is 0. The fraction of sp³-hybridized carbons (Fsp3) is 0.312. The molecule has 3 aromatic rings. The van der Waals surface area contributed by atoms with Crippen LogP contribution in [0.2, 0.25) is 0 Å². The van der Waals surface area contributed by atoms with Crippen molar-refractivity contribution in [3.8, 4) is 0 Å². The highest BCUT2D eigenvalue weighted by molar-refractivity contribution is 7.23. The van der Waals surface area contributed by atoms with Crippen molar-refractivity contribution < 1.29 is 0 Å². The second-order valence-corrected chi connectivity index (χ2v) is 6.16. The molecule has 1 aliphatic rings. The Morgan fingerprint density at radius 2 is 1.79 bits per heavy atom. The third-order valence-electron chi connectivity index (χ3n) is 3.89. The standard InChI is InChI=1S/C16H16N2S/c1-4-10-18(11-5-1)16-17-14-9-8-12-6-2-3-7-13(12)15(14)19-16/h2-3,6-9H,1,4-5,10-11H2. The van der Waals surface area contributed by atoms with Crippen LogP contribution in [0.15, 0.2) is 36.4 Å². The van der Waals surface area contributed by atoms with Gasteiger partial charge in [0.15, 0.2) is 5.13 Å². The van der Waals surface area contributed by atoms with E-state index < -0.39 is 0 Å². The van der Waals surface area contributed by atoms with Crippen LogP contribution in [0.5, 0.6) is 0 Å². The number of hydrogen-bond donors (Lipinski definition) is 0. The zero-order chi connectivity index (χ0) is 12.7. The summed E-state index contributed by atoms with van der Waals surface area (Å²) in [6.45, 7) is 2.33. The molecule has 2 nitrogen and oxygen atoms in total. The summed E-state index contributed by atoms with van der Waals surface area (Å²) in [6.07, 6.45) is 3.97. The first-order chi connectivity index (χ1) is 9.42. The second kappa shape index (κ2) is 4.49. The lowest BCUT2D eigenvalue weighted by molar-refractivity contribution is 0.577. The molecule has 2 heterocycles. The predicted molar refractivity (Wildman–Crippen MR) is 83.2 cm³/mol. The molecule has 3 heteroatoms. The summed E-state index contributed by atoms with van der Waals surface area (Å²) in [6, 6.07) is 12.9. The van der Waals surface area contributed by atoms with Gasteiger partial charge in [-0.1, -0.05) is 41.7 Å². The smallest absolute Gasteiger partial charge is 0.186 e. The van der Waals surface area contributed by atoms with E-state index in [9.17, 15) is 0 Å². The van der Waals surface area contributed by atoms with Gasteiger partial charge in [0.05, 0.1) is 10.2 Å². The molecular weight excluding hydrogens is 252 g/mol. The fourth-order valence-corrected chi connectivity index (χ4v) is 4.02. The van der Waals surface area contributed by atoms with E-state index in [4.69, 9.17) is 4.98 Å². The van der Waals surface area contributed by atoms with Gasteiger partial charge in [-0.3, -0.25) is 0 Å². The Labute approximate surface area is 116 Å². The molecule has 0 aliphatic carbocycles. The molecule has 0 bridgehead atoms. The molecule has 0 unspecified atom stereocenters. The summed E-state index contributed by atoms with van der Waals surface area (Å²) in [5.41, 5.74) is 1.14. The Hall–Kier alpha value is -1.61. The molecule has 0 amide bonds. The normalized spacial score (nSPS) is 16.3. The molecule has 2 aromatic carbocycles. The Morgan fingerprint density at radius 3 is 2.68 bits per heavy atom. The van der Waals surface area contributed by atoms with Crippen LogP contribution in [-0.2, 0) is 0 Å². The summed E-state index contributed by atoms with van der Waals surface area (Å²) >= 11 is 1.85. The molecule has 96 valence electrons. The summed E-state index contributed by atoms with van der Waals surface area (Å²) < 4.78 is 1.33. The van der Waals surface area contributed by atoms with Crippen molar-refractivity contribution in [2.24, 2.45) is 0 Å². The SMILES string of the molecule is c1ccc2c(c1)ccc1nc(N3CCCCC3)sc12. The van der Waals surface area contributed by atoms with E-state index in [1.807, 2.05) is 11.3 Å². The van der Waals surface area contributed by atoms with Crippen molar-refractivity contribution in [1.82, 2.24) is 4.98 Å². The highest BCUT2D eigenvalue weighted by Gasteiger charge is 2.15. The van der Waals surface area contributed by atoms with Crippen LogP contribution < -0.4 is 4.90 Å². The van der Waals surface area contributed by atoms with E-state index in [0.29, 0.717) is 0 Å². The van der Waals surface area contributed by atoms with Crippen LogP contribution in [-0.4, -0.2) is 18.1 Å². The van der Waals surface area contributed by atoms with Crippen LogP contribution in [0.4, 0.5) is 5.13 Å². The molecule has 1 saturated heterocycles. The largest absolute Gasteiger partial charge is 0.348 e. The quantitative estimate of drug-likeness (QED) is 0.648. The number of piperidine rings is 1. The molecule has 0 N–H and O–H groups in total. The van der Waals surface area contributed by atoms with Gasteiger partial charge in [0.25, 0.3) is 0 Å². The first-order valence-corrected chi connectivity index (χ1v) is 7.77. The lowest BCUT2D eigenvalue weighted by atomic mass is 10.1. The van der Waals surface area contributed by atoms with E-state index in [1.165, 1.54) is 39.9 Å². The van der Waals surface area contributed by atoms with Gasteiger partial charge in [0.1, 0.15) is 0 Å². The second-order valence-electron chi connectivity index (χ2n) is 5.18. The summed E-state index contributed by atoms with van der Waals surface area (Å²) in [5.74, 6) is 0. The monoisotopic (exact) mass is 268 g/mol. The van der Waals surface area contributed by atoms with E-state index in [2.05, 4.69) is 41.3 Å². The highest BCUT2D eigenvalue weighted by Crippen LogP contribution is 2.35. The zero-order valence-corrected chi connectivity index (χ0v) is 11.6. The van der Waals surface area contributed by atoms with Gasteiger partial charge in [-0.15, -0.1) is 0 Å². The van der Waals surface area contributed by atoms with Gasteiger partial charge in [0, 0.05) is 18.5 Å². The fourth-order valence-electron chi connectivity index (χ4n) is 2.86. The van der Waals surface area contributed by atoms with E-state index in [1.54, 1.807) is 0 Å². The van der Waals surface area contributed by atoms with E-state index in [0.717, 1.165) is 18.6 Å². The molecule has 0 spiro atoms. The van der Waals surface area contributed by atoms with E-state index in [-0.39, 0.29) is 0 Å². The first-order valence-electron chi connectivity index (χ1n) is 6.95. The van der Waals surface area contributed by atoms with Crippen LogP contribution in [0.1, 0.15) is 19.3 Å². The lowest BCUT2D eigenvalue weighted by Crippen LogP contribution is -2.29. The van der Waals surface area contributed by atoms with Gasteiger partial charge in [-0.25, -0.2) is 4.98 Å². The maximum absolute atomic E-state index is 4.83. The number of hydrogen-bond acceptors (Lipinski definition) is 3. The Bertz CT molecular complexity index is 726. The van der Waals surface area contributed by atoms with Gasteiger partial charge < -0.3 is 4.90 Å². The predicted octanol–water partition coefficient (Wildman–Crippen LogP) is 4.44. The highest BCUT2D eigenvalue weighted by atomic mass is 32.1. The van der Waals surface area contributed by atoms with Crippen molar-refractivity contribution in [3.05, 3.63) is 36.4 Å². The molecule has 1 fully saturated rings. The number of aromatic nitrogens is 1. The van der Waals surface area contributed by atoms with E-state index >= 15 is 0 Å². The molecule has 0 saturated carbocycles. The van der Waals surface area contributed by atoms with Crippen molar-refractivity contribution in [1.29, 1.82) is 0 Å². The van der Waals surface area contributed by atoms with Gasteiger partial charge in [-0.2, -0.15) is 0 Å². The third kappa shape index (κ3) is 1.89. The number of thiazole rings is 1. The minimum atomic E-state index is 1.14. The van der Waals surface area contributed by atoms with Crippen molar-refractivity contribution in [2.45, 2.75) is 19.3 Å². The summed E-state index contributed by atoms with van der Waals surface area (Å²) in [4.78, 5) is 7.28. The molecule has 1 aliphatic heterocycles. The summed E-state index contributed by atoms with van der Waals surface area (Å²) in [5, 5.41) is 3.84. The van der Waals surface area contributed by atoms with Gasteiger partial charge in [-0.05, 0) is 30.7 Å². The van der Waals surface area contributed by atoms with Crippen molar-refractivity contribution in [3.63, 3.8) is 0 Å². The molecule has 19 heavy (non-hydrogen) atoms. The molecule has 0 radical (unpaired) electrons. The first kappa shape index (κ1) is 11.2. The average Bonchev–Trinajstić information content (AvgIpc) is 2.93. The van der Waals surface area contributed by atoms with Crippen LogP contribution in [0, 0.1) is 0 Å². The number of rotatable bonds is 1. The molecule has 4 rings (SSSR count). The Morgan fingerprint density at radius 1 is 0.947 bits per heavy atom. The Balaban J connectivity index is 1.88. The van der Waals surface area contributed by atoms with Crippen molar-refractivity contribution >= 4 is 37.5 Å². The zero-order valence-electron chi connectivity index (χ0n) is 10.8. The van der Waals surface area contributed by atoms with Crippen LogP contribution >= 0.6 is 11.3 Å². The van der Waals surface area contributed by atoms with Gasteiger partial charge in [0.2, 0.25) is 0 Å². The minimum absolute atomic E-state index is 1.14. The van der Waals surface area contributed by atoms with Crippen molar-refractivity contribution in [2.75, 3.05) is 18.0 Å². The topological polar surface area (TPSA) is 16.1 Å². The third-order valence-corrected chi connectivity index (χ3v) is 5.06. The average molecular weight is 268 g/mol. The maximum atomic E-state index is 4.83. The number of anilines is 1. The molecular formula is C16H16N2S. The number of fused-ring (bicyclic) bond motifs is 3. The van der Waals surface area contributed by atoms with Crippen LogP contribution in [0.25, 0.3) is 21.0 Å². The van der Waals surface area contributed by atoms with Gasteiger partial charge >= 0.3 is 0 Å². The Kier molecular flexibility index (Phi) is 2.66. The minimum Gasteiger partial charge on any atom is -0.348 e. The number of nitrogens with zero attached hydrogens (tertiary/aromatic N) is 2. The lowest BCUT2D eigenvalue weighted by Gasteiger charge is -2.25. The molecule has 0 atom stereocenters. The number of benzene rings is 2. The van der Waals surface area contributed by atoms with Crippen LogP contribution in [0.3, 0.4) is 0 Å². The molecule has 1 aromatic heterocycles. The maximum Gasteiger partial charge on any atom is 0.186 e.